The predicted molar refractivity (Wildman–Crippen MR) is 172 cm³/mol. The van der Waals surface area contributed by atoms with Crippen molar-refractivity contribution in [3.8, 4) is 11.5 Å². The molecule has 0 atom stereocenters. The molecule has 9 nitrogen and oxygen atoms in total. The van der Waals surface area contributed by atoms with Crippen LogP contribution in [-0.4, -0.2) is 41.7 Å². The highest BCUT2D eigenvalue weighted by Gasteiger charge is 2.17. The predicted octanol–water partition coefficient (Wildman–Crippen LogP) is 6.08. The maximum absolute atomic E-state index is 13.4. The zero-order valence-corrected chi connectivity index (χ0v) is 24.3. The van der Waals surface area contributed by atoms with Crippen LogP contribution in [-0.2, 0) is 9.59 Å². The van der Waals surface area contributed by atoms with Gasteiger partial charge in [0.1, 0.15) is 18.9 Å². The van der Waals surface area contributed by atoms with Gasteiger partial charge in [-0.2, -0.15) is 0 Å². The Labute approximate surface area is 257 Å². The Hall–Kier alpha value is -5.48. The van der Waals surface area contributed by atoms with Gasteiger partial charge in [-0.15, -0.1) is 11.8 Å². The summed E-state index contributed by atoms with van der Waals surface area (Å²) in [6.07, 6.45) is 3.45. The lowest BCUT2D eigenvalue weighted by Gasteiger charge is -2.19. The van der Waals surface area contributed by atoms with Crippen LogP contribution in [0.5, 0.6) is 11.5 Å². The maximum atomic E-state index is 13.4. The minimum absolute atomic E-state index is 0.0952. The van der Waals surface area contributed by atoms with Gasteiger partial charge in [-0.05, 0) is 60.7 Å². The number of carbonyl (C=O) groups is 3. The third-order valence-electron chi connectivity index (χ3n) is 6.76. The molecule has 220 valence electrons. The summed E-state index contributed by atoms with van der Waals surface area (Å²) in [7, 11) is 0. The Morgan fingerprint density at radius 1 is 0.795 bits per heavy atom. The molecule has 2 heterocycles. The van der Waals surface area contributed by atoms with Crippen LogP contribution in [0, 0.1) is 0 Å². The Kier molecular flexibility index (Phi) is 8.60. The van der Waals surface area contributed by atoms with E-state index in [0.29, 0.717) is 41.7 Å². The van der Waals surface area contributed by atoms with Crippen LogP contribution in [0.1, 0.15) is 15.9 Å². The van der Waals surface area contributed by atoms with Gasteiger partial charge in [-0.3, -0.25) is 14.4 Å². The minimum Gasteiger partial charge on any atom is -0.486 e. The first kappa shape index (κ1) is 28.6. The van der Waals surface area contributed by atoms with Crippen molar-refractivity contribution in [1.29, 1.82) is 0 Å². The molecule has 0 aliphatic carbocycles. The summed E-state index contributed by atoms with van der Waals surface area (Å²) in [4.78, 5) is 43.0. The molecule has 0 saturated heterocycles. The van der Waals surface area contributed by atoms with E-state index in [1.165, 1.54) is 11.8 Å². The summed E-state index contributed by atoms with van der Waals surface area (Å²) >= 11 is 1.37. The first-order chi connectivity index (χ1) is 21.5. The highest BCUT2D eigenvalue weighted by molar-refractivity contribution is 8.00. The van der Waals surface area contributed by atoms with Gasteiger partial charge in [0.15, 0.2) is 11.5 Å². The van der Waals surface area contributed by atoms with Crippen molar-refractivity contribution >= 4 is 57.8 Å². The highest BCUT2D eigenvalue weighted by atomic mass is 32.2. The van der Waals surface area contributed by atoms with E-state index in [0.717, 1.165) is 21.4 Å². The number of thioether (sulfide) groups is 1. The van der Waals surface area contributed by atoms with Crippen LogP contribution >= 0.6 is 11.8 Å². The van der Waals surface area contributed by atoms with E-state index in [2.05, 4.69) is 20.9 Å². The molecule has 0 unspecified atom stereocenters. The summed E-state index contributed by atoms with van der Waals surface area (Å²) in [6, 6.07) is 28.9. The number of amides is 3. The average Bonchev–Trinajstić information content (AvgIpc) is 3.47. The molecule has 1 aromatic heterocycles. The number of fused-ring (bicyclic) bond motifs is 2. The summed E-state index contributed by atoms with van der Waals surface area (Å²) in [6.45, 7) is 0.978. The molecule has 3 amide bonds. The molecule has 5 aromatic rings. The molecule has 44 heavy (non-hydrogen) atoms. The number of nitrogens with one attached hydrogen (secondary N) is 4. The summed E-state index contributed by atoms with van der Waals surface area (Å²) in [5.41, 5.74) is 3.39. The average molecular weight is 605 g/mol. The standard InChI is InChI=1S/C34H28N4O5S/c39-32(36-25-12-15-30-31(19-25)43-17-16-42-30)21-44-26-13-10-24(11-14-26)37-34(41)29(38-33(40)22-6-2-1-3-7-22)18-23-20-35-28-9-5-4-8-27(23)28/h1-15,18-20,35H,16-17,21H2,(H,36,39)(H,37,41)(H,38,40). The van der Waals surface area contributed by atoms with E-state index in [1.54, 1.807) is 66.9 Å². The second-order valence-electron chi connectivity index (χ2n) is 9.84. The van der Waals surface area contributed by atoms with Gasteiger partial charge < -0.3 is 30.4 Å². The first-order valence-electron chi connectivity index (χ1n) is 13.9. The largest absolute Gasteiger partial charge is 0.486 e. The molecular formula is C34H28N4O5S. The number of benzene rings is 4. The summed E-state index contributed by atoms with van der Waals surface area (Å²) in [5.74, 6) is 0.439. The van der Waals surface area contributed by atoms with E-state index >= 15 is 0 Å². The minimum atomic E-state index is -0.473. The first-order valence-corrected chi connectivity index (χ1v) is 14.9. The van der Waals surface area contributed by atoms with E-state index in [-0.39, 0.29) is 17.4 Å². The molecule has 0 fully saturated rings. The second kappa shape index (κ2) is 13.2. The normalized spacial score (nSPS) is 12.4. The van der Waals surface area contributed by atoms with Crippen molar-refractivity contribution < 1.29 is 23.9 Å². The van der Waals surface area contributed by atoms with Crippen molar-refractivity contribution in [2.24, 2.45) is 0 Å². The summed E-state index contributed by atoms with van der Waals surface area (Å²) in [5, 5.41) is 9.43. The van der Waals surface area contributed by atoms with Crippen molar-refractivity contribution in [3.05, 3.63) is 120 Å². The molecule has 1 aliphatic rings. The maximum Gasteiger partial charge on any atom is 0.272 e. The molecule has 4 aromatic carbocycles. The molecule has 0 bridgehead atoms. The monoisotopic (exact) mass is 604 g/mol. The number of H-pyrrole nitrogens is 1. The van der Waals surface area contributed by atoms with Crippen LogP contribution in [0.15, 0.2) is 114 Å². The van der Waals surface area contributed by atoms with E-state index in [9.17, 15) is 14.4 Å². The zero-order valence-electron chi connectivity index (χ0n) is 23.5. The molecular weight excluding hydrogens is 576 g/mol. The van der Waals surface area contributed by atoms with E-state index in [4.69, 9.17) is 9.47 Å². The Morgan fingerprint density at radius 2 is 1.52 bits per heavy atom. The van der Waals surface area contributed by atoms with Gasteiger partial charge in [0.25, 0.3) is 11.8 Å². The van der Waals surface area contributed by atoms with Gasteiger partial charge in [-0.1, -0.05) is 36.4 Å². The van der Waals surface area contributed by atoms with Crippen molar-refractivity contribution in [2.45, 2.75) is 4.90 Å². The molecule has 0 spiro atoms. The molecule has 10 heteroatoms. The topological polar surface area (TPSA) is 122 Å². The molecule has 0 radical (unpaired) electrons. The smallest absolute Gasteiger partial charge is 0.272 e. The number of hydrogen-bond acceptors (Lipinski definition) is 6. The van der Waals surface area contributed by atoms with Crippen LogP contribution in [0.2, 0.25) is 0 Å². The molecule has 0 saturated carbocycles. The summed E-state index contributed by atoms with van der Waals surface area (Å²) < 4.78 is 11.1. The third kappa shape index (κ3) is 6.93. The number of aromatic amines is 1. The Balaban J connectivity index is 1.10. The van der Waals surface area contributed by atoms with Gasteiger partial charge in [0.05, 0.1) is 5.75 Å². The fraction of sp³-hybridized carbons (Fsp3) is 0.0882. The van der Waals surface area contributed by atoms with Gasteiger partial charge in [0.2, 0.25) is 5.91 Å². The highest BCUT2D eigenvalue weighted by Crippen LogP contribution is 2.32. The number of anilines is 2. The SMILES string of the molecule is O=C(CSc1ccc(NC(=O)C(=Cc2c[nH]c3ccccc23)NC(=O)c2ccccc2)cc1)Nc1ccc2c(c1)OCCO2. The lowest BCUT2D eigenvalue weighted by atomic mass is 10.1. The number of ether oxygens (including phenoxy) is 2. The fourth-order valence-corrected chi connectivity index (χ4v) is 5.31. The third-order valence-corrected chi connectivity index (χ3v) is 7.77. The number of carbonyl (C=O) groups excluding carboxylic acids is 3. The molecule has 4 N–H and O–H groups in total. The van der Waals surface area contributed by atoms with E-state index in [1.807, 2.05) is 42.5 Å². The van der Waals surface area contributed by atoms with Crippen LogP contribution in [0.25, 0.3) is 17.0 Å². The number of aromatic nitrogens is 1. The van der Waals surface area contributed by atoms with Crippen molar-refractivity contribution in [1.82, 2.24) is 10.3 Å². The van der Waals surface area contributed by atoms with Gasteiger partial charge in [0, 0.05) is 50.6 Å². The van der Waals surface area contributed by atoms with Gasteiger partial charge in [-0.25, -0.2) is 0 Å². The number of para-hydroxylation sites is 1. The second-order valence-corrected chi connectivity index (χ2v) is 10.9. The number of hydrogen-bond donors (Lipinski definition) is 4. The number of rotatable bonds is 9. The lowest BCUT2D eigenvalue weighted by molar-refractivity contribution is -0.114. The van der Waals surface area contributed by atoms with Crippen LogP contribution in [0.3, 0.4) is 0 Å². The Morgan fingerprint density at radius 3 is 2.34 bits per heavy atom. The van der Waals surface area contributed by atoms with Crippen molar-refractivity contribution in [3.63, 3.8) is 0 Å². The lowest BCUT2D eigenvalue weighted by Crippen LogP contribution is -2.30. The quantitative estimate of drug-likeness (QED) is 0.120. The fourth-order valence-electron chi connectivity index (χ4n) is 4.61. The van der Waals surface area contributed by atoms with Gasteiger partial charge >= 0.3 is 0 Å². The Bertz CT molecular complexity index is 1850. The van der Waals surface area contributed by atoms with E-state index < -0.39 is 11.8 Å². The van der Waals surface area contributed by atoms with Crippen molar-refractivity contribution in [2.75, 3.05) is 29.6 Å². The van der Waals surface area contributed by atoms with Crippen LogP contribution < -0.4 is 25.4 Å². The zero-order chi connectivity index (χ0) is 30.3. The molecule has 1 aliphatic heterocycles. The van der Waals surface area contributed by atoms with Crippen LogP contribution in [0.4, 0.5) is 11.4 Å². The molecule has 6 rings (SSSR count).